The third-order valence-corrected chi connectivity index (χ3v) is 3.28. The molecule has 114 valence electrons. The van der Waals surface area contributed by atoms with Gasteiger partial charge in [-0.25, -0.2) is 0 Å². The molecule has 1 heterocycles. The van der Waals surface area contributed by atoms with Crippen molar-refractivity contribution in [3.05, 3.63) is 35.5 Å². The van der Waals surface area contributed by atoms with Gasteiger partial charge >= 0.3 is 0 Å². The maximum atomic E-state index is 5.70. The summed E-state index contributed by atoms with van der Waals surface area (Å²) in [6.07, 6.45) is 0.715. The number of hydrogen-bond acceptors (Lipinski definition) is 6. The van der Waals surface area contributed by atoms with Gasteiger partial charge in [-0.15, -0.1) is 10.2 Å². The standard InChI is InChI=1S/C15H21N3O3/c1-5-14-17-18-15(21-14)9-20-12-7-6-11(10(2)16-3)8-13(12)19-4/h6-8,10,16H,5,9H2,1-4H3. The van der Waals surface area contributed by atoms with Crippen LogP contribution in [0.4, 0.5) is 0 Å². The lowest BCUT2D eigenvalue weighted by molar-refractivity contribution is 0.247. The van der Waals surface area contributed by atoms with Gasteiger partial charge in [0.1, 0.15) is 0 Å². The fourth-order valence-corrected chi connectivity index (χ4v) is 1.87. The first kappa shape index (κ1) is 15.3. The summed E-state index contributed by atoms with van der Waals surface area (Å²) < 4.78 is 16.5. The van der Waals surface area contributed by atoms with E-state index < -0.39 is 0 Å². The van der Waals surface area contributed by atoms with Crippen molar-refractivity contribution in [2.75, 3.05) is 14.2 Å². The van der Waals surface area contributed by atoms with Gasteiger partial charge in [0.2, 0.25) is 5.89 Å². The number of ether oxygens (including phenoxy) is 2. The summed E-state index contributed by atoms with van der Waals surface area (Å²) >= 11 is 0. The van der Waals surface area contributed by atoms with E-state index in [4.69, 9.17) is 13.9 Å². The molecule has 0 spiro atoms. The van der Waals surface area contributed by atoms with Gasteiger partial charge in [-0.05, 0) is 31.7 Å². The lowest BCUT2D eigenvalue weighted by atomic mass is 10.1. The number of rotatable bonds is 7. The van der Waals surface area contributed by atoms with Gasteiger partial charge in [0, 0.05) is 12.5 Å². The van der Waals surface area contributed by atoms with E-state index in [1.54, 1.807) is 7.11 Å². The molecule has 0 aliphatic carbocycles. The Morgan fingerprint density at radius 3 is 2.62 bits per heavy atom. The second-order valence-corrected chi connectivity index (χ2v) is 4.65. The average Bonchev–Trinajstić information content (AvgIpc) is 3.00. The molecule has 1 unspecified atom stereocenters. The molecule has 6 nitrogen and oxygen atoms in total. The summed E-state index contributed by atoms with van der Waals surface area (Å²) in [5.41, 5.74) is 1.13. The van der Waals surface area contributed by atoms with Crippen LogP contribution in [0.1, 0.15) is 37.2 Å². The van der Waals surface area contributed by atoms with Crippen LogP contribution in [0, 0.1) is 0 Å². The van der Waals surface area contributed by atoms with Crippen LogP contribution in [-0.4, -0.2) is 24.4 Å². The molecule has 0 saturated carbocycles. The molecule has 6 heteroatoms. The molecule has 1 atom stereocenters. The molecule has 2 aromatic rings. The molecule has 1 N–H and O–H groups in total. The molecule has 0 fully saturated rings. The predicted molar refractivity (Wildman–Crippen MR) is 78.5 cm³/mol. The lowest BCUT2D eigenvalue weighted by Crippen LogP contribution is -2.12. The Labute approximate surface area is 124 Å². The number of benzene rings is 1. The van der Waals surface area contributed by atoms with Crippen LogP contribution in [0.15, 0.2) is 22.6 Å². The minimum Gasteiger partial charge on any atom is -0.493 e. The van der Waals surface area contributed by atoms with Crippen LogP contribution >= 0.6 is 0 Å². The molecule has 0 amide bonds. The molecule has 0 bridgehead atoms. The zero-order chi connectivity index (χ0) is 15.2. The van der Waals surface area contributed by atoms with Crippen LogP contribution in [0.3, 0.4) is 0 Å². The lowest BCUT2D eigenvalue weighted by Gasteiger charge is -2.14. The Hall–Kier alpha value is -2.08. The van der Waals surface area contributed by atoms with Crippen LogP contribution in [0.25, 0.3) is 0 Å². The molecule has 0 saturated heterocycles. The van der Waals surface area contributed by atoms with Crippen LogP contribution in [0.2, 0.25) is 0 Å². The Morgan fingerprint density at radius 1 is 1.24 bits per heavy atom. The first-order valence-electron chi connectivity index (χ1n) is 6.97. The van der Waals surface area contributed by atoms with Crippen LogP contribution in [-0.2, 0) is 13.0 Å². The Morgan fingerprint density at radius 2 is 2.00 bits per heavy atom. The maximum absolute atomic E-state index is 5.70. The van der Waals surface area contributed by atoms with E-state index >= 15 is 0 Å². The molecule has 0 aliphatic heterocycles. The molecule has 1 aromatic carbocycles. The second-order valence-electron chi connectivity index (χ2n) is 4.65. The van der Waals surface area contributed by atoms with Crippen molar-refractivity contribution in [3.8, 4) is 11.5 Å². The van der Waals surface area contributed by atoms with Gasteiger partial charge in [0.15, 0.2) is 18.1 Å². The van der Waals surface area contributed by atoms with Gasteiger partial charge < -0.3 is 19.2 Å². The molecular weight excluding hydrogens is 270 g/mol. The van der Waals surface area contributed by atoms with E-state index in [2.05, 4.69) is 22.4 Å². The summed E-state index contributed by atoms with van der Waals surface area (Å²) in [4.78, 5) is 0. The highest BCUT2D eigenvalue weighted by atomic mass is 16.5. The second kappa shape index (κ2) is 7.08. The third-order valence-electron chi connectivity index (χ3n) is 3.28. The fraction of sp³-hybridized carbons (Fsp3) is 0.467. The van der Waals surface area contributed by atoms with E-state index in [0.29, 0.717) is 29.7 Å². The number of nitrogens with zero attached hydrogens (tertiary/aromatic N) is 2. The summed E-state index contributed by atoms with van der Waals surface area (Å²) in [5.74, 6) is 2.41. The van der Waals surface area contributed by atoms with E-state index in [1.165, 1.54) is 0 Å². The SMILES string of the molecule is CCc1nnc(COc2ccc(C(C)NC)cc2OC)o1. The van der Waals surface area contributed by atoms with Crippen molar-refractivity contribution in [2.45, 2.75) is 32.9 Å². The van der Waals surface area contributed by atoms with E-state index in [0.717, 1.165) is 5.56 Å². The van der Waals surface area contributed by atoms with Crippen molar-refractivity contribution in [2.24, 2.45) is 0 Å². The summed E-state index contributed by atoms with van der Waals surface area (Å²) in [6.45, 7) is 4.27. The van der Waals surface area contributed by atoms with Gasteiger partial charge in [-0.3, -0.25) is 0 Å². The number of hydrogen-bond donors (Lipinski definition) is 1. The maximum Gasteiger partial charge on any atom is 0.253 e. The topological polar surface area (TPSA) is 69.4 Å². The normalized spacial score (nSPS) is 12.2. The highest BCUT2D eigenvalue weighted by molar-refractivity contribution is 5.43. The molecule has 0 radical (unpaired) electrons. The first-order chi connectivity index (χ1) is 10.2. The van der Waals surface area contributed by atoms with Crippen LogP contribution < -0.4 is 14.8 Å². The van der Waals surface area contributed by atoms with Gasteiger partial charge in [-0.2, -0.15) is 0 Å². The van der Waals surface area contributed by atoms with Crippen molar-refractivity contribution in [3.63, 3.8) is 0 Å². The van der Waals surface area contributed by atoms with Gasteiger partial charge in [0.05, 0.1) is 7.11 Å². The number of nitrogens with one attached hydrogen (secondary N) is 1. The van der Waals surface area contributed by atoms with Crippen molar-refractivity contribution in [1.29, 1.82) is 0 Å². The fourth-order valence-electron chi connectivity index (χ4n) is 1.87. The third kappa shape index (κ3) is 3.72. The summed E-state index contributed by atoms with van der Waals surface area (Å²) in [6, 6.07) is 6.10. The van der Waals surface area contributed by atoms with Crippen LogP contribution in [0.5, 0.6) is 11.5 Å². The molecule has 21 heavy (non-hydrogen) atoms. The Bertz CT molecular complexity index is 583. The van der Waals surface area contributed by atoms with Crippen molar-refractivity contribution in [1.82, 2.24) is 15.5 Å². The number of aryl methyl sites for hydroxylation is 1. The largest absolute Gasteiger partial charge is 0.493 e. The Kier molecular flexibility index (Phi) is 5.16. The van der Waals surface area contributed by atoms with Crippen molar-refractivity contribution >= 4 is 0 Å². The predicted octanol–water partition coefficient (Wildman–Crippen LogP) is 2.50. The van der Waals surface area contributed by atoms with Crippen molar-refractivity contribution < 1.29 is 13.9 Å². The quantitative estimate of drug-likeness (QED) is 0.845. The van der Waals surface area contributed by atoms with E-state index in [1.807, 2.05) is 32.2 Å². The molecule has 1 aromatic heterocycles. The highest BCUT2D eigenvalue weighted by Crippen LogP contribution is 2.30. The highest BCUT2D eigenvalue weighted by Gasteiger charge is 2.11. The number of methoxy groups -OCH3 is 1. The Balaban J connectivity index is 2.08. The van der Waals surface area contributed by atoms with E-state index in [-0.39, 0.29) is 12.6 Å². The smallest absolute Gasteiger partial charge is 0.253 e. The monoisotopic (exact) mass is 291 g/mol. The summed E-state index contributed by atoms with van der Waals surface area (Å²) in [7, 11) is 3.54. The van der Waals surface area contributed by atoms with E-state index in [9.17, 15) is 0 Å². The molecular formula is C15H21N3O3. The van der Waals surface area contributed by atoms with Gasteiger partial charge in [-0.1, -0.05) is 13.0 Å². The minimum absolute atomic E-state index is 0.226. The minimum atomic E-state index is 0.226. The molecule has 2 rings (SSSR count). The first-order valence-corrected chi connectivity index (χ1v) is 6.97. The average molecular weight is 291 g/mol. The van der Waals surface area contributed by atoms with Gasteiger partial charge in [0.25, 0.3) is 5.89 Å². The summed E-state index contributed by atoms with van der Waals surface area (Å²) in [5, 5.41) is 11.0. The molecule has 0 aliphatic rings. The zero-order valence-corrected chi connectivity index (χ0v) is 12.8. The zero-order valence-electron chi connectivity index (χ0n) is 12.8. The number of aromatic nitrogens is 2.